The summed E-state index contributed by atoms with van der Waals surface area (Å²) in [6.45, 7) is 5.25. The molecule has 4 nitrogen and oxygen atoms in total. The standard InChI is InChI=1S/C9H12O4/c1-3-6-5-9(6,7(10)11)8(12)13-4-2/h3,6H,1,4-5H2,2H3,(H,10,11)/p-1. The van der Waals surface area contributed by atoms with Crippen LogP contribution in [0.15, 0.2) is 12.7 Å². The van der Waals surface area contributed by atoms with E-state index in [9.17, 15) is 14.7 Å². The average Bonchev–Trinajstić information content (AvgIpc) is 2.79. The summed E-state index contributed by atoms with van der Waals surface area (Å²) < 4.78 is 4.66. The molecule has 0 spiro atoms. The van der Waals surface area contributed by atoms with Gasteiger partial charge in [0.25, 0.3) is 0 Å². The molecule has 0 aromatic rings. The number of rotatable bonds is 4. The minimum absolute atomic E-state index is 0.178. The third-order valence-corrected chi connectivity index (χ3v) is 2.30. The Bertz CT molecular complexity index is 258. The van der Waals surface area contributed by atoms with Crippen LogP contribution in [0.5, 0.6) is 0 Å². The molecule has 0 heterocycles. The van der Waals surface area contributed by atoms with Crippen molar-refractivity contribution in [1.29, 1.82) is 0 Å². The van der Waals surface area contributed by atoms with Gasteiger partial charge in [0.1, 0.15) is 5.41 Å². The van der Waals surface area contributed by atoms with Gasteiger partial charge in [-0.15, -0.1) is 6.58 Å². The van der Waals surface area contributed by atoms with Crippen LogP contribution in [-0.4, -0.2) is 18.5 Å². The lowest BCUT2D eigenvalue weighted by atomic mass is 10.0. The van der Waals surface area contributed by atoms with Crippen LogP contribution in [0.1, 0.15) is 13.3 Å². The summed E-state index contributed by atoms with van der Waals surface area (Å²) >= 11 is 0. The minimum Gasteiger partial charge on any atom is -0.549 e. The van der Waals surface area contributed by atoms with Crippen LogP contribution in [-0.2, 0) is 14.3 Å². The highest BCUT2D eigenvalue weighted by molar-refractivity contribution is 6.02. The van der Waals surface area contributed by atoms with Gasteiger partial charge in [-0.25, -0.2) is 0 Å². The molecule has 0 aromatic carbocycles. The summed E-state index contributed by atoms with van der Waals surface area (Å²) in [7, 11) is 0. The monoisotopic (exact) mass is 183 g/mol. The van der Waals surface area contributed by atoms with Crippen molar-refractivity contribution in [3.8, 4) is 0 Å². The van der Waals surface area contributed by atoms with Gasteiger partial charge in [-0.05, 0) is 19.3 Å². The zero-order valence-electron chi connectivity index (χ0n) is 7.41. The molecule has 1 fully saturated rings. The molecule has 1 aliphatic rings. The largest absolute Gasteiger partial charge is 0.549 e. The maximum Gasteiger partial charge on any atom is 0.318 e. The molecule has 0 bridgehead atoms. The van der Waals surface area contributed by atoms with E-state index in [-0.39, 0.29) is 18.9 Å². The number of carboxylic acids is 1. The third kappa shape index (κ3) is 1.32. The molecule has 1 aliphatic carbocycles. The minimum atomic E-state index is -1.45. The van der Waals surface area contributed by atoms with Crippen molar-refractivity contribution in [3.63, 3.8) is 0 Å². The molecule has 0 amide bonds. The lowest BCUT2D eigenvalue weighted by Gasteiger charge is -2.15. The van der Waals surface area contributed by atoms with Gasteiger partial charge in [0.05, 0.1) is 12.6 Å². The maximum absolute atomic E-state index is 11.2. The van der Waals surface area contributed by atoms with E-state index in [0.29, 0.717) is 0 Å². The Morgan fingerprint density at radius 1 is 1.77 bits per heavy atom. The fourth-order valence-electron chi connectivity index (χ4n) is 1.39. The van der Waals surface area contributed by atoms with E-state index >= 15 is 0 Å². The number of esters is 1. The number of carbonyl (C=O) groups is 2. The van der Waals surface area contributed by atoms with Gasteiger partial charge in [0.15, 0.2) is 0 Å². The summed E-state index contributed by atoms with van der Waals surface area (Å²) in [6, 6.07) is 0. The van der Waals surface area contributed by atoms with E-state index in [2.05, 4.69) is 11.3 Å². The highest BCUT2D eigenvalue weighted by atomic mass is 16.5. The van der Waals surface area contributed by atoms with Crippen molar-refractivity contribution in [1.82, 2.24) is 0 Å². The predicted octanol–water partition coefficient (Wildman–Crippen LogP) is -0.508. The van der Waals surface area contributed by atoms with Gasteiger partial charge in [-0.1, -0.05) is 6.08 Å². The lowest BCUT2D eigenvalue weighted by molar-refractivity contribution is -0.313. The summed E-state index contributed by atoms with van der Waals surface area (Å²) in [5, 5.41) is 10.7. The first-order chi connectivity index (χ1) is 6.09. The fraction of sp³-hybridized carbons (Fsp3) is 0.556. The Hall–Kier alpha value is -1.32. The number of hydrogen-bond acceptors (Lipinski definition) is 4. The van der Waals surface area contributed by atoms with E-state index in [4.69, 9.17) is 0 Å². The fourth-order valence-corrected chi connectivity index (χ4v) is 1.39. The smallest absolute Gasteiger partial charge is 0.318 e. The molecular formula is C9H11O4-. The van der Waals surface area contributed by atoms with Crippen LogP contribution in [0.4, 0.5) is 0 Å². The highest BCUT2D eigenvalue weighted by Gasteiger charge is 2.61. The van der Waals surface area contributed by atoms with Gasteiger partial charge in [-0.2, -0.15) is 0 Å². The van der Waals surface area contributed by atoms with Crippen LogP contribution >= 0.6 is 0 Å². The predicted molar refractivity (Wildman–Crippen MR) is 42.4 cm³/mol. The van der Waals surface area contributed by atoms with Gasteiger partial charge >= 0.3 is 5.97 Å². The van der Waals surface area contributed by atoms with E-state index < -0.39 is 17.4 Å². The lowest BCUT2D eigenvalue weighted by Crippen LogP contribution is -2.40. The molecular weight excluding hydrogens is 172 g/mol. The Morgan fingerprint density at radius 2 is 2.38 bits per heavy atom. The maximum atomic E-state index is 11.2. The summed E-state index contributed by atoms with van der Waals surface area (Å²) in [4.78, 5) is 22.0. The second-order valence-corrected chi connectivity index (χ2v) is 3.03. The number of allylic oxidation sites excluding steroid dienone is 1. The molecule has 0 aromatic heterocycles. The van der Waals surface area contributed by atoms with E-state index in [1.807, 2.05) is 0 Å². The Kier molecular flexibility index (Phi) is 2.40. The van der Waals surface area contributed by atoms with Crippen LogP contribution in [0.2, 0.25) is 0 Å². The van der Waals surface area contributed by atoms with Gasteiger partial charge in [-0.3, -0.25) is 4.79 Å². The molecule has 0 aliphatic heterocycles. The second-order valence-electron chi connectivity index (χ2n) is 3.03. The van der Waals surface area contributed by atoms with Crippen molar-refractivity contribution in [3.05, 3.63) is 12.7 Å². The highest BCUT2D eigenvalue weighted by Crippen LogP contribution is 2.53. The first kappa shape index (κ1) is 9.77. The topological polar surface area (TPSA) is 66.4 Å². The Morgan fingerprint density at radius 3 is 2.69 bits per heavy atom. The molecule has 0 radical (unpaired) electrons. The van der Waals surface area contributed by atoms with E-state index in [1.165, 1.54) is 6.08 Å². The molecule has 1 rings (SSSR count). The molecule has 72 valence electrons. The Balaban J connectivity index is 2.77. The Labute approximate surface area is 76.2 Å². The number of carboxylic acid groups (broad SMARTS) is 1. The van der Waals surface area contributed by atoms with Crippen molar-refractivity contribution < 1.29 is 19.4 Å². The first-order valence-electron chi connectivity index (χ1n) is 4.10. The molecule has 0 N–H and O–H groups in total. The normalized spacial score (nSPS) is 30.7. The van der Waals surface area contributed by atoms with E-state index in [1.54, 1.807) is 6.92 Å². The van der Waals surface area contributed by atoms with Gasteiger partial charge < -0.3 is 14.6 Å². The first-order valence-corrected chi connectivity index (χ1v) is 4.10. The van der Waals surface area contributed by atoms with Crippen LogP contribution in [0.25, 0.3) is 0 Å². The summed E-state index contributed by atoms with van der Waals surface area (Å²) in [5.74, 6) is -2.41. The van der Waals surface area contributed by atoms with Gasteiger partial charge in [0, 0.05) is 0 Å². The molecule has 1 saturated carbocycles. The molecule has 0 saturated heterocycles. The van der Waals surface area contributed by atoms with Crippen LogP contribution < -0.4 is 5.11 Å². The van der Waals surface area contributed by atoms with Crippen LogP contribution in [0.3, 0.4) is 0 Å². The van der Waals surface area contributed by atoms with Crippen molar-refractivity contribution >= 4 is 11.9 Å². The van der Waals surface area contributed by atoms with Gasteiger partial charge in [0.2, 0.25) is 0 Å². The number of hydrogen-bond donors (Lipinski definition) is 0. The molecule has 13 heavy (non-hydrogen) atoms. The second kappa shape index (κ2) is 3.20. The van der Waals surface area contributed by atoms with Crippen LogP contribution in [0, 0.1) is 11.3 Å². The zero-order chi connectivity index (χ0) is 10.1. The zero-order valence-corrected chi connectivity index (χ0v) is 7.41. The summed E-state index contributed by atoms with van der Waals surface area (Å²) in [6.07, 6.45) is 1.70. The van der Waals surface area contributed by atoms with E-state index in [0.717, 1.165) is 0 Å². The molecule has 2 unspecified atom stereocenters. The third-order valence-electron chi connectivity index (χ3n) is 2.30. The quantitative estimate of drug-likeness (QED) is 0.334. The summed E-state index contributed by atoms with van der Waals surface area (Å²) in [5.41, 5.74) is -1.45. The van der Waals surface area contributed by atoms with Crippen molar-refractivity contribution in [2.24, 2.45) is 11.3 Å². The SMILES string of the molecule is C=CC1CC1(C(=O)[O-])C(=O)OCC. The molecule has 2 atom stereocenters. The average molecular weight is 183 g/mol. The molecule has 4 heteroatoms. The number of ether oxygens (including phenoxy) is 1. The van der Waals surface area contributed by atoms with Crippen molar-refractivity contribution in [2.45, 2.75) is 13.3 Å². The number of carbonyl (C=O) groups excluding carboxylic acids is 2. The number of aliphatic carboxylic acids is 1. The van der Waals surface area contributed by atoms with Crippen molar-refractivity contribution in [2.75, 3.05) is 6.61 Å².